The van der Waals surface area contributed by atoms with E-state index in [0.717, 1.165) is 30.6 Å². The smallest absolute Gasteiger partial charge is 0.0587 e. The van der Waals surface area contributed by atoms with E-state index in [0.29, 0.717) is 5.92 Å². The molecule has 3 heteroatoms. The van der Waals surface area contributed by atoms with Crippen molar-refractivity contribution in [3.05, 3.63) is 34.3 Å². The predicted octanol–water partition coefficient (Wildman–Crippen LogP) is 3.25. The van der Waals surface area contributed by atoms with Crippen LogP contribution >= 0.6 is 15.9 Å². The van der Waals surface area contributed by atoms with Crippen LogP contribution in [0.15, 0.2) is 28.7 Å². The Bertz CT molecular complexity index is 317. The Kier molecular flexibility index (Phi) is 7.49. The summed E-state index contributed by atoms with van der Waals surface area (Å²) < 4.78 is 6.19. The lowest BCUT2D eigenvalue weighted by Crippen LogP contribution is -2.27. The molecule has 1 aromatic carbocycles. The average molecular weight is 300 g/mol. The molecular weight excluding hydrogens is 278 g/mol. The first-order chi connectivity index (χ1) is 8.26. The highest BCUT2D eigenvalue weighted by Crippen LogP contribution is 2.16. The quantitative estimate of drug-likeness (QED) is 0.744. The van der Waals surface area contributed by atoms with E-state index in [1.165, 1.54) is 12.0 Å². The van der Waals surface area contributed by atoms with Gasteiger partial charge in [0.2, 0.25) is 0 Å². The third-order valence-electron chi connectivity index (χ3n) is 2.91. The molecule has 0 saturated heterocycles. The van der Waals surface area contributed by atoms with Crippen LogP contribution in [0.2, 0.25) is 0 Å². The van der Waals surface area contributed by atoms with Crippen LogP contribution in [0.1, 0.15) is 18.9 Å². The summed E-state index contributed by atoms with van der Waals surface area (Å²) in [5.41, 5.74) is 1.40. The van der Waals surface area contributed by atoms with Crippen LogP contribution in [0.25, 0.3) is 0 Å². The molecule has 0 radical (unpaired) electrons. The highest BCUT2D eigenvalue weighted by Gasteiger charge is 2.07. The third kappa shape index (κ3) is 6.20. The number of methoxy groups -OCH3 is 1. The van der Waals surface area contributed by atoms with Crippen molar-refractivity contribution in [1.29, 1.82) is 0 Å². The Hall–Kier alpha value is -0.380. The summed E-state index contributed by atoms with van der Waals surface area (Å²) in [6.45, 7) is 5.03. The maximum Gasteiger partial charge on any atom is 0.0587 e. The minimum absolute atomic E-state index is 0.696. The topological polar surface area (TPSA) is 21.3 Å². The van der Waals surface area contributed by atoms with Crippen molar-refractivity contribution in [3.63, 3.8) is 0 Å². The minimum atomic E-state index is 0.696. The standard InChI is InChI=1S/C14H22BrNO/c1-3-12(11-16-7-8-17-2)9-13-5-4-6-14(15)10-13/h4-6,10,12,16H,3,7-9,11H2,1-2H3. The lowest BCUT2D eigenvalue weighted by molar-refractivity contribution is 0.197. The lowest BCUT2D eigenvalue weighted by atomic mass is 9.97. The predicted molar refractivity (Wildman–Crippen MR) is 76.4 cm³/mol. The zero-order valence-electron chi connectivity index (χ0n) is 10.7. The normalized spacial score (nSPS) is 12.6. The average Bonchev–Trinajstić information content (AvgIpc) is 2.33. The molecule has 1 rings (SSSR count). The van der Waals surface area contributed by atoms with Gasteiger partial charge in [-0.3, -0.25) is 0 Å². The highest BCUT2D eigenvalue weighted by molar-refractivity contribution is 9.10. The minimum Gasteiger partial charge on any atom is -0.383 e. The van der Waals surface area contributed by atoms with Crippen molar-refractivity contribution in [2.75, 3.05) is 26.8 Å². The Morgan fingerprint density at radius 2 is 2.24 bits per heavy atom. The Balaban J connectivity index is 2.35. The summed E-state index contributed by atoms with van der Waals surface area (Å²) in [7, 11) is 1.74. The van der Waals surface area contributed by atoms with Gasteiger partial charge in [-0.1, -0.05) is 41.4 Å². The van der Waals surface area contributed by atoms with Gasteiger partial charge >= 0.3 is 0 Å². The van der Waals surface area contributed by atoms with E-state index in [2.05, 4.69) is 52.4 Å². The second kappa shape index (κ2) is 8.67. The Morgan fingerprint density at radius 1 is 1.41 bits per heavy atom. The molecule has 0 aliphatic rings. The summed E-state index contributed by atoms with van der Waals surface area (Å²) in [5, 5.41) is 3.44. The van der Waals surface area contributed by atoms with E-state index in [1.54, 1.807) is 7.11 Å². The third-order valence-corrected chi connectivity index (χ3v) is 3.40. The van der Waals surface area contributed by atoms with E-state index >= 15 is 0 Å². The fourth-order valence-electron chi connectivity index (χ4n) is 1.84. The van der Waals surface area contributed by atoms with Crippen LogP contribution in [0.4, 0.5) is 0 Å². The summed E-state index contributed by atoms with van der Waals surface area (Å²) in [5.74, 6) is 0.696. The second-order valence-electron chi connectivity index (χ2n) is 4.31. The molecule has 17 heavy (non-hydrogen) atoms. The van der Waals surface area contributed by atoms with Gasteiger partial charge in [-0.05, 0) is 36.6 Å². The first-order valence-electron chi connectivity index (χ1n) is 6.20. The summed E-state index contributed by atoms with van der Waals surface area (Å²) in [4.78, 5) is 0. The van der Waals surface area contributed by atoms with Crippen LogP contribution in [-0.2, 0) is 11.2 Å². The molecule has 0 aliphatic carbocycles. The Labute approximate surface area is 113 Å². The van der Waals surface area contributed by atoms with Gasteiger partial charge in [0.25, 0.3) is 0 Å². The van der Waals surface area contributed by atoms with Gasteiger partial charge < -0.3 is 10.1 Å². The summed E-state index contributed by atoms with van der Waals surface area (Å²) in [6, 6.07) is 8.58. The number of ether oxygens (including phenoxy) is 1. The van der Waals surface area contributed by atoms with E-state index in [1.807, 2.05) is 0 Å². The first-order valence-corrected chi connectivity index (χ1v) is 6.99. The van der Waals surface area contributed by atoms with E-state index in [-0.39, 0.29) is 0 Å². The molecule has 0 bridgehead atoms. The largest absolute Gasteiger partial charge is 0.383 e. The molecule has 0 spiro atoms. The number of hydrogen-bond donors (Lipinski definition) is 1. The molecule has 0 aliphatic heterocycles. The van der Waals surface area contributed by atoms with E-state index < -0.39 is 0 Å². The molecule has 96 valence electrons. The van der Waals surface area contributed by atoms with Gasteiger partial charge in [-0.25, -0.2) is 0 Å². The number of rotatable bonds is 8. The van der Waals surface area contributed by atoms with Crippen LogP contribution in [0.5, 0.6) is 0 Å². The molecule has 0 heterocycles. The molecule has 0 fully saturated rings. The van der Waals surface area contributed by atoms with Gasteiger partial charge in [0.05, 0.1) is 6.61 Å². The number of hydrogen-bond acceptors (Lipinski definition) is 2. The van der Waals surface area contributed by atoms with Crippen LogP contribution in [-0.4, -0.2) is 26.8 Å². The highest BCUT2D eigenvalue weighted by atomic mass is 79.9. The molecule has 1 unspecified atom stereocenters. The van der Waals surface area contributed by atoms with Gasteiger partial charge in [-0.15, -0.1) is 0 Å². The number of nitrogens with one attached hydrogen (secondary N) is 1. The zero-order chi connectivity index (χ0) is 12.5. The van der Waals surface area contributed by atoms with E-state index in [4.69, 9.17) is 4.74 Å². The van der Waals surface area contributed by atoms with Crippen molar-refractivity contribution < 1.29 is 4.74 Å². The van der Waals surface area contributed by atoms with Crippen molar-refractivity contribution in [2.45, 2.75) is 19.8 Å². The van der Waals surface area contributed by atoms with Gasteiger partial charge in [0, 0.05) is 18.1 Å². The molecule has 1 N–H and O–H groups in total. The Morgan fingerprint density at radius 3 is 2.88 bits per heavy atom. The van der Waals surface area contributed by atoms with Crippen molar-refractivity contribution in [3.8, 4) is 0 Å². The molecule has 1 atom stereocenters. The fraction of sp³-hybridized carbons (Fsp3) is 0.571. The summed E-state index contributed by atoms with van der Waals surface area (Å²) >= 11 is 3.52. The van der Waals surface area contributed by atoms with E-state index in [9.17, 15) is 0 Å². The van der Waals surface area contributed by atoms with Gasteiger partial charge in [0.1, 0.15) is 0 Å². The summed E-state index contributed by atoms with van der Waals surface area (Å²) in [6.07, 6.45) is 2.34. The zero-order valence-corrected chi connectivity index (χ0v) is 12.3. The first kappa shape index (κ1) is 14.7. The van der Waals surface area contributed by atoms with Crippen molar-refractivity contribution in [2.24, 2.45) is 5.92 Å². The van der Waals surface area contributed by atoms with Crippen LogP contribution in [0, 0.1) is 5.92 Å². The molecule has 0 saturated carbocycles. The maximum atomic E-state index is 5.02. The van der Waals surface area contributed by atoms with Crippen LogP contribution in [0.3, 0.4) is 0 Å². The second-order valence-corrected chi connectivity index (χ2v) is 5.22. The maximum absolute atomic E-state index is 5.02. The molecule has 2 nitrogen and oxygen atoms in total. The van der Waals surface area contributed by atoms with Gasteiger partial charge in [-0.2, -0.15) is 0 Å². The molecule has 1 aromatic rings. The van der Waals surface area contributed by atoms with Crippen molar-refractivity contribution >= 4 is 15.9 Å². The monoisotopic (exact) mass is 299 g/mol. The molecule has 0 amide bonds. The molecule has 0 aromatic heterocycles. The molecular formula is C14H22BrNO. The number of benzene rings is 1. The fourth-order valence-corrected chi connectivity index (χ4v) is 2.29. The SMILES string of the molecule is CCC(CNCCOC)Cc1cccc(Br)c1. The number of halogens is 1. The van der Waals surface area contributed by atoms with Crippen molar-refractivity contribution in [1.82, 2.24) is 5.32 Å². The van der Waals surface area contributed by atoms with Gasteiger partial charge in [0.15, 0.2) is 0 Å². The van der Waals surface area contributed by atoms with Crippen LogP contribution < -0.4 is 5.32 Å². The lowest BCUT2D eigenvalue weighted by Gasteiger charge is -2.16.